The van der Waals surface area contributed by atoms with Crippen LogP contribution in [0.5, 0.6) is 5.75 Å². The molecule has 0 spiro atoms. The highest BCUT2D eigenvalue weighted by atomic mass is 32.2. The Labute approximate surface area is 249 Å². The van der Waals surface area contributed by atoms with Gasteiger partial charge in [-0.15, -0.1) is 6.42 Å². The Morgan fingerprint density at radius 3 is 1.72 bits per heavy atom. The monoisotopic (exact) mass is 637 g/mol. The van der Waals surface area contributed by atoms with Gasteiger partial charge < -0.3 is 9.47 Å². The van der Waals surface area contributed by atoms with Crippen molar-refractivity contribution in [3.05, 3.63) is 114 Å². The maximum Gasteiger partial charge on any atom is 0.446 e. The molecule has 0 aliphatic rings. The molecule has 0 heterocycles. The van der Waals surface area contributed by atoms with E-state index in [-0.39, 0.29) is 37.8 Å². The van der Waals surface area contributed by atoms with Crippen LogP contribution >= 0.6 is 11.8 Å². The fourth-order valence-electron chi connectivity index (χ4n) is 3.92. The first kappa shape index (κ1) is 31.8. The van der Waals surface area contributed by atoms with Crippen molar-refractivity contribution in [2.75, 3.05) is 6.61 Å². The van der Waals surface area contributed by atoms with Crippen LogP contribution in [0.25, 0.3) is 0 Å². The minimum Gasteiger partial charge on any atom is -0.482 e. The minimum absolute atomic E-state index is 0.0679. The summed E-state index contributed by atoms with van der Waals surface area (Å²) < 4.78 is 105. The van der Waals surface area contributed by atoms with E-state index in [2.05, 4.69) is 5.92 Å². The molecule has 0 fully saturated rings. The Kier molecular flexibility index (Phi) is 9.67. The molecule has 0 saturated heterocycles. The fourth-order valence-corrected chi connectivity index (χ4v) is 6.60. The number of alkyl halides is 3. The number of halogens is 7. The van der Waals surface area contributed by atoms with Crippen LogP contribution in [0, 0.1) is 35.6 Å². The predicted octanol–water partition coefficient (Wildman–Crippen LogP) is 8.42. The molecule has 3 nitrogen and oxygen atoms in total. The van der Waals surface area contributed by atoms with Gasteiger partial charge in [-0.2, -0.15) is 13.2 Å². The Morgan fingerprint density at radius 1 is 0.791 bits per heavy atom. The third-order valence-electron chi connectivity index (χ3n) is 5.79. The molecule has 4 aromatic carbocycles. The number of thioether (sulfide) groups is 1. The predicted molar refractivity (Wildman–Crippen MR) is 147 cm³/mol. The average molecular weight is 638 g/mol. The largest absolute Gasteiger partial charge is 0.482 e. The summed E-state index contributed by atoms with van der Waals surface area (Å²) in [5, 5.41) is 0. The van der Waals surface area contributed by atoms with Crippen LogP contribution in [0.15, 0.2) is 105 Å². The van der Waals surface area contributed by atoms with E-state index in [1.165, 1.54) is 55.5 Å². The van der Waals surface area contributed by atoms with Gasteiger partial charge in [-0.1, -0.05) is 18.1 Å². The molecule has 1 atom stereocenters. The quantitative estimate of drug-likeness (QED) is 0.0607. The number of ether oxygens (including phenoxy) is 2. The lowest BCUT2D eigenvalue weighted by atomic mass is 9.97. The van der Waals surface area contributed by atoms with Crippen molar-refractivity contribution < 1.29 is 45.0 Å². The van der Waals surface area contributed by atoms with Crippen molar-refractivity contribution in [3.8, 4) is 18.1 Å². The Balaban J connectivity index is 1.48. The van der Waals surface area contributed by atoms with Gasteiger partial charge in [0.2, 0.25) is 0 Å². The lowest BCUT2D eigenvalue weighted by Gasteiger charge is -2.24. The van der Waals surface area contributed by atoms with E-state index in [1.54, 1.807) is 0 Å². The van der Waals surface area contributed by atoms with Crippen molar-refractivity contribution in [2.24, 2.45) is 0 Å². The van der Waals surface area contributed by atoms with E-state index in [0.717, 1.165) is 24.3 Å². The lowest BCUT2D eigenvalue weighted by Crippen LogP contribution is -2.30. The number of carbonyl (C=O) groups is 1. The summed E-state index contributed by atoms with van der Waals surface area (Å²) in [6.07, 6.45) is 5.57. The molecule has 0 N–H and O–H groups in total. The van der Waals surface area contributed by atoms with E-state index < -0.39 is 57.8 Å². The summed E-state index contributed by atoms with van der Waals surface area (Å²) >= 11 is -0.296. The smallest absolute Gasteiger partial charge is 0.446 e. The third-order valence-corrected chi connectivity index (χ3v) is 8.69. The Morgan fingerprint density at radius 2 is 1.28 bits per heavy atom. The second-order valence-electron chi connectivity index (χ2n) is 9.00. The second kappa shape index (κ2) is 13.1. The SMILES string of the molecule is C#CC(C)(OC(=O)COc1ccc([S+](c2cc(F)cc(F)c2)c2cc(F)cc(F)c2)cc1)c1ccc(SC(F)(F)F)cc1. The summed E-state index contributed by atoms with van der Waals surface area (Å²) in [6.45, 7) is 0.811. The molecular weight excluding hydrogens is 617 g/mol. The molecule has 222 valence electrons. The van der Waals surface area contributed by atoms with Crippen LogP contribution in [0.2, 0.25) is 0 Å². The fraction of sp³-hybridized carbons (Fsp3) is 0.129. The number of hydrogen-bond acceptors (Lipinski definition) is 4. The van der Waals surface area contributed by atoms with E-state index >= 15 is 0 Å². The highest BCUT2D eigenvalue weighted by Crippen LogP contribution is 2.38. The third kappa shape index (κ3) is 8.49. The van der Waals surface area contributed by atoms with Gasteiger partial charge in [-0.25, -0.2) is 22.4 Å². The van der Waals surface area contributed by atoms with Gasteiger partial charge in [0.15, 0.2) is 26.9 Å². The molecule has 0 amide bonds. The minimum atomic E-state index is -4.46. The summed E-state index contributed by atoms with van der Waals surface area (Å²) in [5.74, 6) is -1.81. The molecule has 43 heavy (non-hydrogen) atoms. The molecule has 0 aliphatic carbocycles. The molecule has 0 bridgehead atoms. The van der Waals surface area contributed by atoms with Crippen molar-refractivity contribution >= 4 is 28.6 Å². The van der Waals surface area contributed by atoms with E-state index in [1.807, 2.05) is 0 Å². The highest BCUT2D eigenvalue weighted by molar-refractivity contribution is 8.00. The molecule has 4 rings (SSSR count). The number of esters is 1. The average Bonchev–Trinajstić information content (AvgIpc) is 2.91. The number of hydrogen-bond donors (Lipinski definition) is 0. The van der Waals surface area contributed by atoms with E-state index in [9.17, 15) is 35.5 Å². The van der Waals surface area contributed by atoms with E-state index in [4.69, 9.17) is 15.9 Å². The standard InChI is InChI=1S/C31H20F7O3S2/c1-3-30(2,19-4-8-25(9-5-19)42-31(36,37)38)41-29(39)18-40-24-6-10-26(11-7-24)43(27-14-20(32)12-21(33)15-27)28-16-22(34)13-23(35)17-28/h1,4-17H,18H2,2H3/q+1. The first-order valence-electron chi connectivity index (χ1n) is 12.2. The van der Waals surface area contributed by atoms with Crippen LogP contribution in [0.1, 0.15) is 12.5 Å². The summed E-state index contributed by atoms with van der Waals surface area (Å²) in [4.78, 5) is 13.2. The zero-order valence-electron chi connectivity index (χ0n) is 22.1. The lowest BCUT2D eigenvalue weighted by molar-refractivity contribution is -0.156. The zero-order chi connectivity index (χ0) is 31.4. The van der Waals surface area contributed by atoms with Gasteiger partial charge >= 0.3 is 11.5 Å². The molecule has 0 aliphatic heterocycles. The van der Waals surface area contributed by atoms with Gasteiger partial charge in [0, 0.05) is 46.9 Å². The Bertz CT molecular complexity index is 1560. The number of terminal acetylenes is 1. The van der Waals surface area contributed by atoms with Gasteiger partial charge in [0.1, 0.15) is 29.0 Å². The van der Waals surface area contributed by atoms with Crippen molar-refractivity contribution in [2.45, 2.75) is 37.6 Å². The molecule has 0 saturated carbocycles. The molecule has 1 unspecified atom stereocenters. The second-order valence-corrected chi connectivity index (χ2v) is 12.2. The Hall–Kier alpha value is -4.08. The van der Waals surface area contributed by atoms with Gasteiger partial charge in [-0.05, 0) is 55.1 Å². The zero-order valence-corrected chi connectivity index (χ0v) is 23.7. The van der Waals surface area contributed by atoms with Crippen molar-refractivity contribution in [1.82, 2.24) is 0 Å². The first-order valence-corrected chi connectivity index (χ1v) is 14.2. The van der Waals surface area contributed by atoms with Crippen molar-refractivity contribution in [1.29, 1.82) is 0 Å². The van der Waals surface area contributed by atoms with Crippen LogP contribution in [-0.2, 0) is 26.0 Å². The van der Waals surface area contributed by atoms with Crippen LogP contribution in [0.4, 0.5) is 30.7 Å². The number of carbonyl (C=O) groups excluding carboxylic acids is 1. The van der Waals surface area contributed by atoms with Crippen LogP contribution in [0.3, 0.4) is 0 Å². The molecule has 0 radical (unpaired) electrons. The van der Waals surface area contributed by atoms with Crippen LogP contribution in [-0.4, -0.2) is 18.1 Å². The number of rotatable bonds is 9. The molecule has 12 heteroatoms. The number of benzene rings is 4. The highest BCUT2D eigenvalue weighted by Gasteiger charge is 2.33. The molecule has 0 aromatic heterocycles. The van der Waals surface area contributed by atoms with Gasteiger partial charge in [0.05, 0.1) is 10.9 Å². The van der Waals surface area contributed by atoms with E-state index in [0.29, 0.717) is 17.0 Å². The topological polar surface area (TPSA) is 35.5 Å². The normalized spacial score (nSPS) is 12.8. The van der Waals surface area contributed by atoms with Crippen molar-refractivity contribution in [3.63, 3.8) is 0 Å². The summed E-state index contributed by atoms with van der Waals surface area (Å²) in [5.41, 5.74) is -5.79. The van der Waals surface area contributed by atoms with Gasteiger partial charge in [0.25, 0.3) is 0 Å². The maximum absolute atomic E-state index is 14.0. The first-order chi connectivity index (χ1) is 20.2. The summed E-state index contributed by atoms with van der Waals surface area (Å²) in [6, 6.07) is 16.6. The molecule has 4 aromatic rings. The summed E-state index contributed by atoms with van der Waals surface area (Å²) in [7, 11) is -1.31. The molecular formula is C31H20F7O3S2+. The van der Waals surface area contributed by atoms with Crippen LogP contribution < -0.4 is 4.74 Å². The maximum atomic E-state index is 14.0. The van der Waals surface area contributed by atoms with Gasteiger partial charge in [-0.3, -0.25) is 0 Å².